The Morgan fingerprint density at radius 2 is 1.88 bits per heavy atom. The van der Waals surface area contributed by atoms with Gasteiger partial charge in [0.15, 0.2) is 5.54 Å². The summed E-state index contributed by atoms with van der Waals surface area (Å²) < 4.78 is 6.86. The quantitative estimate of drug-likeness (QED) is 0.339. The van der Waals surface area contributed by atoms with E-state index in [1.54, 1.807) is 42.5 Å². The van der Waals surface area contributed by atoms with Crippen LogP contribution in [0, 0.1) is 10.1 Å². The van der Waals surface area contributed by atoms with Gasteiger partial charge in [0.25, 0.3) is 11.9 Å². The van der Waals surface area contributed by atoms with Gasteiger partial charge in [-0.3, -0.25) is 20.2 Å². The highest BCUT2D eigenvalue weighted by Gasteiger charge is 2.67. The summed E-state index contributed by atoms with van der Waals surface area (Å²) in [5, 5.41) is 18.8. The molecule has 9 heteroatoms. The van der Waals surface area contributed by atoms with Gasteiger partial charge in [-0.15, -0.1) is 0 Å². The molecular weight excluding hydrogens is 522 g/mol. The average Bonchev–Trinajstić information content (AvgIpc) is 3.28. The minimum absolute atomic E-state index is 0.339. The molecular formula is C25H21BrClN3O4. The number of halogens is 2. The topological polar surface area (TPSA) is 93.5 Å². The van der Waals surface area contributed by atoms with E-state index in [4.69, 9.17) is 16.3 Å². The molecule has 2 aliphatic rings. The first kappa shape index (κ1) is 22.8. The molecule has 3 aromatic carbocycles. The van der Waals surface area contributed by atoms with Crippen LogP contribution in [-0.4, -0.2) is 22.9 Å². The zero-order valence-electron chi connectivity index (χ0n) is 18.1. The van der Waals surface area contributed by atoms with E-state index in [1.807, 2.05) is 31.2 Å². The Hall–Kier alpha value is -2.94. The van der Waals surface area contributed by atoms with Crippen LogP contribution in [-0.2, 0) is 16.9 Å². The van der Waals surface area contributed by atoms with E-state index in [-0.39, 0.29) is 11.0 Å². The van der Waals surface area contributed by atoms with E-state index >= 15 is 0 Å². The molecule has 0 bridgehead atoms. The maximum absolute atomic E-state index is 13.1. The number of carbonyl (C=O) groups is 1. The number of hydrogen-bond acceptors (Lipinski definition) is 5. The van der Waals surface area contributed by atoms with Crippen LogP contribution >= 0.6 is 27.5 Å². The first-order valence-electron chi connectivity index (χ1n) is 10.8. The zero-order chi connectivity index (χ0) is 24.0. The van der Waals surface area contributed by atoms with E-state index in [9.17, 15) is 14.9 Å². The van der Waals surface area contributed by atoms with Crippen molar-refractivity contribution in [3.63, 3.8) is 0 Å². The van der Waals surface area contributed by atoms with Crippen LogP contribution in [0.1, 0.15) is 29.5 Å². The maximum atomic E-state index is 13.1. The fraction of sp³-hybridized carbons (Fsp3) is 0.240. The van der Waals surface area contributed by atoms with Crippen molar-refractivity contribution in [1.29, 1.82) is 0 Å². The lowest BCUT2D eigenvalue weighted by Gasteiger charge is -2.25. The van der Waals surface area contributed by atoms with E-state index < -0.39 is 23.4 Å². The second-order valence-electron chi connectivity index (χ2n) is 8.60. The van der Waals surface area contributed by atoms with Gasteiger partial charge >= 0.3 is 0 Å². The highest BCUT2D eigenvalue weighted by molar-refractivity contribution is 9.10. The predicted molar refractivity (Wildman–Crippen MR) is 133 cm³/mol. The minimum atomic E-state index is -1.45. The summed E-state index contributed by atoms with van der Waals surface area (Å²) in [4.78, 5) is 25.2. The van der Waals surface area contributed by atoms with Crippen LogP contribution in [0.5, 0.6) is 5.75 Å². The molecule has 34 heavy (non-hydrogen) atoms. The summed E-state index contributed by atoms with van der Waals surface area (Å²) in [6, 6.07) is 18.5. The largest absolute Gasteiger partial charge is 0.487 e. The summed E-state index contributed by atoms with van der Waals surface area (Å²) in [7, 11) is 0. The number of rotatable bonds is 5. The number of amides is 1. The molecule has 0 radical (unpaired) electrons. The lowest BCUT2D eigenvalue weighted by Crippen LogP contribution is -2.54. The molecule has 4 atom stereocenters. The SMILES string of the molecule is C[C@@H]1N[C@]2(C(=O)Nc3ccccc32)[C@H]([N+](=O)[O-])[C@@H]1c1ccc(OCc2ccc(Br)cc2)c(Cl)c1. The molecule has 1 amide bonds. The first-order valence-corrected chi connectivity index (χ1v) is 12.0. The van der Waals surface area contributed by atoms with Crippen molar-refractivity contribution in [2.75, 3.05) is 5.32 Å². The van der Waals surface area contributed by atoms with Crippen molar-refractivity contribution in [2.45, 2.75) is 37.1 Å². The van der Waals surface area contributed by atoms with E-state index in [1.165, 1.54) is 0 Å². The predicted octanol–water partition coefficient (Wildman–Crippen LogP) is 5.25. The first-order chi connectivity index (χ1) is 16.3. The Labute approximate surface area is 209 Å². The number of anilines is 1. The fourth-order valence-electron chi connectivity index (χ4n) is 5.14. The minimum Gasteiger partial charge on any atom is -0.487 e. The van der Waals surface area contributed by atoms with E-state index in [0.717, 1.165) is 10.0 Å². The zero-order valence-corrected chi connectivity index (χ0v) is 20.5. The van der Waals surface area contributed by atoms with Crippen LogP contribution in [0.3, 0.4) is 0 Å². The Morgan fingerprint density at radius 3 is 2.59 bits per heavy atom. The summed E-state index contributed by atoms with van der Waals surface area (Å²) in [6.07, 6.45) is 0. The lowest BCUT2D eigenvalue weighted by molar-refractivity contribution is -0.532. The molecule has 174 valence electrons. The summed E-state index contributed by atoms with van der Waals surface area (Å²) in [5.41, 5.74) is 1.40. The number of benzene rings is 3. The van der Waals surface area contributed by atoms with Gasteiger partial charge in [-0.1, -0.05) is 63.9 Å². The van der Waals surface area contributed by atoms with E-state index in [0.29, 0.717) is 34.2 Å². The van der Waals surface area contributed by atoms with Crippen LogP contribution in [0.4, 0.5) is 5.69 Å². The average molecular weight is 543 g/mol. The number of carbonyl (C=O) groups excluding carboxylic acids is 1. The van der Waals surface area contributed by atoms with Crippen LogP contribution in [0.25, 0.3) is 0 Å². The van der Waals surface area contributed by atoms with Crippen molar-refractivity contribution in [1.82, 2.24) is 5.32 Å². The number of nitro groups is 1. The van der Waals surface area contributed by atoms with Crippen molar-refractivity contribution in [2.24, 2.45) is 0 Å². The van der Waals surface area contributed by atoms with Gasteiger partial charge in [0.1, 0.15) is 12.4 Å². The molecule has 0 saturated carbocycles. The fourth-order valence-corrected chi connectivity index (χ4v) is 5.64. The van der Waals surface area contributed by atoms with Crippen molar-refractivity contribution in [3.05, 3.63) is 103 Å². The molecule has 2 N–H and O–H groups in total. The number of nitrogens with one attached hydrogen (secondary N) is 2. The molecule has 2 heterocycles. The van der Waals surface area contributed by atoms with Gasteiger partial charge in [0.05, 0.1) is 10.9 Å². The molecule has 0 aliphatic carbocycles. The van der Waals surface area contributed by atoms with Crippen LogP contribution < -0.4 is 15.4 Å². The Bertz CT molecular complexity index is 1290. The van der Waals surface area contributed by atoms with Crippen molar-refractivity contribution in [3.8, 4) is 5.75 Å². The third kappa shape index (κ3) is 3.66. The molecule has 7 nitrogen and oxygen atoms in total. The van der Waals surface area contributed by atoms with Gasteiger partial charge in [0.2, 0.25) is 0 Å². The third-order valence-corrected chi connectivity index (χ3v) is 7.44. The number of para-hydroxylation sites is 1. The summed E-state index contributed by atoms with van der Waals surface area (Å²) in [6.45, 7) is 2.20. The summed E-state index contributed by atoms with van der Waals surface area (Å²) in [5.74, 6) is -0.501. The number of ether oxygens (including phenoxy) is 1. The molecule has 1 fully saturated rings. The van der Waals surface area contributed by atoms with Crippen molar-refractivity contribution >= 4 is 39.1 Å². The number of nitrogens with zero attached hydrogens (tertiary/aromatic N) is 1. The smallest absolute Gasteiger partial charge is 0.256 e. The second kappa shape index (κ2) is 8.69. The Morgan fingerprint density at radius 1 is 1.15 bits per heavy atom. The molecule has 2 aliphatic heterocycles. The van der Waals surface area contributed by atoms with E-state index in [2.05, 4.69) is 26.6 Å². The summed E-state index contributed by atoms with van der Waals surface area (Å²) >= 11 is 9.94. The third-order valence-electron chi connectivity index (χ3n) is 6.61. The van der Waals surface area contributed by atoms with Gasteiger partial charge in [-0.05, 0) is 48.4 Å². The van der Waals surface area contributed by atoms with Gasteiger partial charge in [-0.2, -0.15) is 0 Å². The normalized spacial score (nSPS) is 25.3. The van der Waals surface area contributed by atoms with Gasteiger partial charge < -0.3 is 10.1 Å². The van der Waals surface area contributed by atoms with Crippen molar-refractivity contribution < 1.29 is 14.5 Å². The second-order valence-corrected chi connectivity index (χ2v) is 9.92. The standard InChI is InChI=1S/C25H21BrClN3O4/c1-14-22(16-8-11-21(19(27)12-16)34-13-15-6-9-17(26)10-7-15)23(30(32)33)25(29-14)18-4-2-3-5-20(18)28-24(25)31/h2-12,14,22-23,29H,13H2,1H3,(H,28,31)/t14-,22-,23+,25-/m0/s1. The highest BCUT2D eigenvalue weighted by Crippen LogP contribution is 2.50. The Kier molecular flexibility index (Phi) is 5.83. The van der Waals surface area contributed by atoms with Crippen LogP contribution in [0.15, 0.2) is 71.2 Å². The molecule has 1 spiro atoms. The highest BCUT2D eigenvalue weighted by atomic mass is 79.9. The molecule has 0 aromatic heterocycles. The van der Waals surface area contributed by atoms with Crippen LogP contribution in [0.2, 0.25) is 5.02 Å². The monoisotopic (exact) mass is 541 g/mol. The van der Waals surface area contributed by atoms with Gasteiger partial charge in [0, 0.05) is 26.7 Å². The maximum Gasteiger partial charge on any atom is 0.256 e. The molecule has 1 saturated heterocycles. The Balaban J connectivity index is 1.46. The number of fused-ring (bicyclic) bond motifs is 2. The number of hydrogen-bond donors (Lipinski definition) is 2. The lowest BCUT2D eigenvalue weighted by atomic mass is 9.78. The van der Waals surface area contributed by atoms with Gasteiger partial charge in [-0.25, -0.2) is 0 Å². The molecule has 3 aromatic rings. The molecule has 5 rings (SSSR count). The molecule has 0 unspecified atom stereocenters.